The van der Waals surface area contributed by atoms with Crippen LogP contribution < -0.4 is 4.72 Å². The maximum atomic E-state index is 12.2. The van der Waals surface area contributed by atoms with Gasteiger partial charge in [0, 0.05) is 13.1 Å². The molecular formula is C11H14BrClN2O3S2. The molecule has 1 unspecified atom stereocenters. The Kier molecular flexibility index (Phi) is 5.12. The molecule has 2 heterocycles. The highest BCUT2D eigenvalue weighted by Crippen LogP contribution is 2.34. The molecule has 1 aliphatic heterocycles. The van der Waals surface area contributed by atoms with Crippen molar-refractivity contribution in [2.24, 2.45) is 0 Å². The summed E-state index contributed by atoms with van der Waals surface area (Å²) in [5.41, 5.74) is 0. The van der Waals surface area contributed by atoms with Gasteiger partial charge in [-0.1, -0.05) is 11.6 Å². The number of amides is 1. The molecule has 9 heteroatoms. The Morgan fingerprint density at radius 3 is 2.60 bits per heavy atom. The van der Waals surface area contributed by atoms with E-state index in [1.165, 1.54) is 6.07 Å². The first-order chi connectivity index (χ1) is 9.31. The number of sulfonamides is 1. The Morgan fingerprint density at radius 2 is 2.10 bits per heavy atom. The van der Waals surface area contributed by atoms with Crippen molar-refractivity contribution in [1.29, 1.82) is 0 Å². The van der Waals surface area contributed by atoms with Gasteiger partial charge in [-0.25, -0.2) is 8.42 Å². The van der Waals surface area contributed by atoms with E-state index < -0.39 is 16.1 Å². The van der Waals surface area contributed by atoms with Crippen LogP contribution in [-0.2, 0) is 14.8 Å². The monoisotopic (exact) mass is 400 g/mol. The van der Waals surface area contributed by atoms with E-state index in [1.807, 2.05) is 0 Å². The van der Waals surface area contributed by atoms with Crippen molar-refractivity contribution in [3.8, 4) is 0 Å². The zero-order valence-corrected chi connectivity index (χ0v) is 14.7. The molecule has 2 rings (SSSR count). The summed E-state index contributed by atoms with van der Waals surface area (Å²) in [6, 6.07) is 0.587. The largest absolute Gasteiger partial charge is 0.341 e. The molecule has 0 bridgehead atoms. The summed E-state index contributed by atoms with van der Waals surface area (Å²) in [6.07, 6.45) is 1.94. The first kappa shape index (κ1) is 16.2. The maximum absolute atomic E-state index is 12.2. The van der Waals surface area contributed by atoms with E-state index >= 15 is 0 Å². The number of halogens is 2. The van der Waals surface area contributed by atoms with Crippen molar-refractivity contribution >= 4 is 54.8 Å². The van der Waals surface area contributed by atoms with Crippen molar-refractivity contribution in [1.82, 2.24) is 9.62 Å². The molecule has 1 aromatic rings. The predicted molar refractivity (Wildman–Crippen MR) is 82.6 cm³/mol. The van der Waals surface area contributed by atoms with E-state index in [0.29, 0.717) is 21.9 Å². The summed E-state index contributed by atoms with van der Waals surface area (Å²) < 4.78 is 27.4. The third-order valence-electron chi connectivity index (χ3n) is 3.01. The smallest absolute Gasteiger partial charge is 0.250 e. The van der Waals surface area contributed by atoms with Gasteiger partial charge >= 0.3 is 0 Å². The minimum absolute atomic E-state index is 0.0930. The quantitative estimate of drug-likeness (QED) is 0.843. The molecule has 112 valence electrons. The van der Waals surface area contributed by atoms with Crippen molar-refractivity contribution < 1.29 is 13.2 Å². The second-order valence-electron chi connectivity index (χ2n) is 4.56. The molecule has 0 aliphatic carbocycles. The second kappa shape index (κ2) is 6.31. The molecule has 1 amide bonds. The van der Waals surface area contributed by atoms with E-state index in [-0.39, 0.29) is 10.1 Å². The van der Waals surface area contributed by atoms with Gasteiger partial charge < -0.3 is 4.90 Å². The molecule has 20 heavy (non-hydrogen) atoms. The van der Waals surface area contributed by atoms with Crippen LogP contribution in [-0.4, -0.2) is 38.4 Å². The molecule has 0 radical (unpaired) electrons. The lowest BCUT2D eigenvalue weighted by atomic mass is 10.3. The number of hydrogen-bond acceptors (Lipinski definition) is 4. The van der Waals surface area contributed by atoms with E-state index in [4.69, 9.17) is 11.6 Å². The van der Waals surface area contributed by atoms with Gasteiger partial charge in [0.1, 0.15) is 4.21 Å². The first-order valence-electron chi connectivity index (χ1n) is 6.07. The Bertz CT molecular complexity index is 592. The molecule has 1 atom stereocenters. The van der Waals surface area contributed by atoms with Gasteiger partial charge in [-0.05, 0) is 41.8 Å². The summed E-state index contributed by atoms with van der Waals surface area (Å²) in [6.45, 7) is 2.95. The van der Waals surface area contributed by atoms with Gasteiger partial charge in [-0.3, -0.25) is 4.79 Å². The number of nitrogens with zero attached hydrogens (tertiary/aromatic N) is 1. The van der Waals surface area contributed by atoms with Gasteiger partial charge in [0.25, 0.3) is 10.0 Å². The van der Waals surface area contributed by atoms with Crippen molar-refractivity contribution in [3.63, 3.8) is 0 Å². The summed E-state index contributed by atoms with van der Waals surface area (Å²) in [4.78, 5) is 13.8. The fourth-order valence-corrected chi connectivity index (χ4v) is 5.62. The van der Waals surface area contributed by atoms with Crippen molar-refractivity contribution in [2.45, 2.75) is 30.0 Å². The van der Waals surface area contributed by atoms with Gasteiger partial charge in [0.05, 0.1) is 14.9 Å². The number of nitrogens with one attached hydrogen (secondary N) is 1. The summed E-state index contributed by atoms with van der Waals surface area (Å²) in [7, 11) is -3.73. The maximum Gasteiger partial charge on any atom is 0.250 e. The molecule has 1 aliphatic rings. The van der Waals surface area contributed by atoms with Gasteiger partial charge in [-0.2, -0.15) is 4.72 Å². The molecule has 1 fully saturated rings. The lowest BCUT2D eigenvalue weighted by molar-refractivity contribution is -0.131. The number of carbonyl (C=O) groups excluding carboxylic acids is 1. The number of likely N-dealkylation sites (tertiary alicyclic amines) is 1. The SMILES string of the molecule is CC(NS(=O)(=O)c1cc(Cl)c(Br)s1)C(=O)N1CCCC1. The van der Waals surface area contributed by atoms with Crippen LogP contribution in [0.15, 0.2) is 14.1 Å². The zero-order valence-electron chi connectivity index (χ0n) is 10.7. The molecule has 1 aromatic heterocycles. The summed E-state index contributed by atoms with van der Waals surface area (Å²) in [5, 5.41) is 0.342. The third kappa shape index (κ3) is 3.54. The van der Waals surface area contributed by atoms with Gasteiger partial charge in [0.2, 0.25) is 5.91 Å². The standard InChI is InChI=1S/C11H14BrClN2O3S2/c1-7(11(16)15-4-2-3-5-15)14-20(17,18)9-6-8(13)10(12)19-9/h6-7,14H,2-5H2,1H3. The third-order valence-corrected chi connectivity index (χ3v) is 7.50. The van der Waals surface area contributed by atoms with Crippen LogP contribution in [0.25, 0.3) is 0 Å². The average molecular weight is 402 g/mol. The highest BCUT2D eigenvalue weighted by atomic mass is 79.9. The molecule has 0 aromatic carbocycles. The zero-order chi connectivity index (χ0) is 14.9. The number of thiophene rings is 1. The predicted octanol–water partition coefficient (Wildman–Crippen LogP) is 2.45. The lowest BCUT2D eigenvalue weighted by Crippen LogP contribution is -2.45. The Labute approximate surface area is 135 Å². The van der Waals surface area contributed by atoms with Crippen LogP contribution in [0.4, 0.5) is 0 Å². The lowest BCUT2D eigenvalue weighted by Gasteiger charge is -2.20. The molecule has 1 N–H and O–H groups in total. The summed E-state index contributed by atoms with van der Waals surface area (Å²) in [5.74, 6) is -0.187. The van der Waals surface area contributed by atoms with Crippen LogP contribution in [0, 0.1) is 0 Å². The number of hydrogen-bond donors (Lipinski definition) is 1. The van der Waals surface area contributed by atoms with Crippen LogP contribution in [0.3, 0.4) is 0 Å². The fraction of sp³-hybridized carbons (Fsp3) is 0.545. The molecule has 0 spiro atoms. The molecule has 1 saturated heterocycles. The van der Waals surface area contributed by atoms with Gasteiger partial charge in [0.15, 0.2) is 0 Å². The van der Waals surface area contributed by atoms with E-state index in [2.05, 4.69) is 20.7 Å². The van der Waals surface area contributed by atoms with Crippen molar-refractivity contribution in [2.75, 3.05) is 13.1 Å². The normalized spacial score (nSPS) is 17.4. The van der Waals surface area contributed by atoms with Crippen molar-refractivity contribution in [3.05, 3.63) is 14.9 Å². The average Bonchev–Trinajstić information content (AvgIpc) is 2.99. The highest BCUT2D eigenvalue weighted by Gasteiger charge is 2.28. The summed E-state index contributed by atoms with van der Waals surface area (Å²) >= 11 is 10.0. The topological polar surface area (TPSA) is 66.5 Å². The minimum Gasteiger partial charge on any atom is -0.341 e. The Morgan fingerprint density at radius 1 is 1.50 bits per heavy atom. The molecule has 0 saturated carbocycles. The Balaban J connectivity index is 2.09. The fourth-order valence-electron chi connectivity index (χ4n) is 2.01. The molecular weight excluding hydrogens is 388 g/mol. The minimum atomic E-state index is -3.73. The highest BCUT2D eigenvalue weighted by molar-refractivity contribution is 9.11. The van der Waals surface area contributed by atoms with Crippen LogP contribution in [0.2, 0.25) is 5.02 Å². The second-order valence-corrected chi connectivity index (χ2v) is 9.28. The number of carbonyl (C=O) groups is 1. The van der Waals surface area contributed by atoms with E-state index in [1.54, 1.807) is 11.8 Å². The van der Waals surface area contributed by atoms with Gasteiger partial charge in [-0.15, -0.1) is 11.3 Å². The van der Waals surface area contributed by atoms with E-state index in [9.17, 15) is 13.2 Å². The number of rotatable bonds is 4. The van der Waals surface area contributed by atoms with Crippen LogP contribution in [0.1, 0.15) is 19.8 Å². The molecule has 5 nitrogen and oxygen atoms in total. The first-order valence-corrected chi connectivity index (χ1v) is 9.54. The van der Waals surface area contributed by atoms with E-state index in [0.717, 1.165) is 24.2 Å². The van der Waals surface area contributed by atoms with Crippen LogP contribution in [0.5, 0.6) is 0 Å². The Hall–Kier alpha value is -0.150. The van der Waals surface area contributed by atoms with Crippen LogP contribution >= 0.6 is 38.9 Å².